The highest BCUT2D eigenvalue weighted by Gasteiger charge is 2.21. The van der Waals surface area contributed by atoms with Gasteiger partial charge >= 0.3 is 0 Å². The van der Waals surface area contributed by atoms with Gasteiger partial charge in [-0.25, -0.2) is 0 Å². The molecule has 0 aliphatic heterocycles. The van der Waals surface area contributed by atoms with Gasteiger partial charge in [-0.3, -0.25) is 4.79 Å². The molecule has 1 aromatic carbocycles. The Morgan fingerprint density at radius 1 is 1.09 bits per heavy atom. The smallest absolute Gasteiger partial charge is 0.276 e. The molecule has 3 rings (SSSR count). The molecule has 0 saturated heterocycles. The first-order valence-corrected chi connectivity index (χ1v) is 7.67. The molecule has 2 aromatic rings. The summed E-state index contributed by atoms with van der Waals surface area (Å²) in [5, 5.41) is 14.3. The van der Waals surface area contributed by atoms with Gasteiger partial charge in [-0.2, -0.15) is 0 Å². The summed E-state index contributed by atoms with van der Waals surface area (Å²) in [7, 11) is 0. The van der Waals surface area contributed by atoms with Crippen molar-refractivity contribution in [3.63, 3.8) is 0 Å². The van der Waals surface area contributed by atoms with Crippen molar-refractivity contribution in [1.82, 2.24) is 10.2 Å². The number of nitrogens with one attached hydrogen (secondary N) is 2. The molecular formula is C17H20N4O. The number of amides is 1. The fourth-order valence-electron chi connectivity index (χ4n) is 2.79. The molecule has 2 unspecified atom stereocenters. The maximum Gasteiger partial charge on any atom is 0.276 e. The van der Waals surface area contributed by atoms with Crippen LogP contribution in [0, 0.1) is 5.92 Å². The summed E-state index contributed by atoms with van der Waals surface area (Å²) >= 11 is 0. The molecule has 2 N–H and O–H groups in total. The zero-order valence-electron chi connectivity index (χ0n) is 12.6. The van der Waals surface area contributed by atoms with E-state index in [0.29, 0.717) is 11.7 Å². The molecule has 0 radical (unpaired) electrons. The third kappa shape index (κ3) is 3.61. The maximum atomic E-state index is 12.1. The molecule has 2 atom stereocenters. The SMILES string of the molecule is CC1CCC(Nc2ccc(C(=O)Nc3ccccc3)nn2)C1. The Bertz CT molecular complexity index is 627. The quantitative estimate of drug-likeness (QED) is 0.908. The Hall–Kier alpha value is -2.43. The summed E-state index contributed by atoms with van der Waals surface area (Å²) < 4.78 is 0. The molecule has 0 bridgehead atoms. The first kappa shape index (κ1) is 14.5. The van der Waals surface area contributed by atoms with E-state index in [1.54, 1.807) is 6.07 Å². The van der Waals surface area contributed by atoms with E-state index in [1.807, 2.05) is 36.4 Å². The number of rotatable bonds is 4. The summed E-state index contributed by atoms with van der Waals surface area (Å²) in [5.74, 6) is 1.25. The third-order valence-electron chi connectivity index (χ3n) is 3.98. The van der Waals surface area contributed by atoms with Crippen molar-refractivity contribution in [2.45, 2.75) is 32.2 Å². The Morgan fingerprint density at radius 3 is 2.55 bits per heavy atom. The van der Waals surface area contributed by atoms with Gasteiger partial charge in [0.2, 0.25) is 0 Å². The highest BCUT2D eigenvalue weighted by atomic mass is 16.1. The van der Waals surface area contributed by atoms with E-state index in [4.69, 9.17) is 0 Å². The number of anilines is 2. The fraction of sp³-hybridized carbons (Fsp3) is 0.353. The van der Waals surface area contributed by atoms with Gasteiger partial charge in [0.25, 0.3) is 5.91 Å². The maximum absolute atomic E-state index is 12.1. The molecule has 5 heteroatoms. The van der Waals surface area contributed by atoms with E-state index in [1.165, 1.54) is 12.8 Å². The van der Waals surface area contributed by atoms with Crippen molar-refractivity contribution in [2.75, 3.05) is 10.6 Å². The Balaban J connectivity index is 1.60. The van der Waals surface area contributed by atoms with Crippen LogP contribution in [0.5, 0.6) is 0 Å². The fourth-order valence-corrected chi connectivity index (χ4v) is 2.79. The summed E-state index contributed by atoms with van der Waals surface area (Å²) in [5.41, 5.74) is 1.06. The standard InChI is InChI=1S/C17H20N4O/c1-12-7-8-14(11-12)18-16-10-9-15(20-21-16)17(22)19-13-5-3-2-4-6-13/h2-6,9-10,12,14H,7-8,11H2,1H3,(H,18,21)(H,19,22). The summed E-state index contributed by atoms with van der Waals surface area (Å²) in [6, 6.07) is 13.3. The van der Waals surface area contributed by atoms with Crippen LogP contribution in [0.4, 0.5) is 11.5 Å². The molecule has 22 heavy (non-hydrogen) atoms. The normalized spacial score (nSPS) is 20.6. The topological polar surface area (TPSA) is 66.9 Å². The van der Waals surface area contributed by atoms with Crippen molar-refractivity contribution in [3.05, 3.63) is 48.2 Å². The third-order valence-corrected chi connectivity index (χ3v) is 3.98. The molecule has 5 nitrogen and oxygen atoms in total. The first-order valence-electron chi connectivity index (χ1n) is 7.67. The molecule has 0 spiro atoms. The average molecular weight is 296 g/mol. The largest absolute Gasteiger partial charge is 0.366 e. The number of para-hydroxylation sites is 1. The summed E-state index contributed by atoms with van der Waals surface area (Å²) in [4.78, 5) is 12.1. The van der Waals surface area contributed by atoms with Crippen molar-refractivity contribution in [2.24, 2.45) is 5.92 Å². The molecule has 1 aliphatic rings. The number of hydrogen-bond donors (Lipinski definition) is 2. The molecule has 1 aliphatic carbocycles. The van der Waals surface area contributed by atoms with Crippen LogP contribution in [0.15, 0.2) is 42.5 Å². The molecule has 1 aromatic heterocycles. The van der Waals surface area contributed by atoms with Gasteiger partial charge in [0.1, 0.15) is 5.82 Å². The van der Waals surface area contributed by atoms with E-state index in [-0.39, 0.29) is 5.91 Å². The van der Waals surface area contributed by atoms with Crippen LogP contribution in [0.3, 0.4) is 0 Å². The highest BCUT2D eigenvalue weighted by Crippen LogP contribution is 2.26. The van der Waals surface area contributed by atoms with Gasteiger partial charge in [0.15, 0.2) is 5.69 Å². The lowest BCUT2D eigenvalue weighted by molar-refractivity contribution is 0.102. The Morgan fingerprint density at radius 2 is 1.91 bits per heavy atom. The minimum Gasteiger partial charge on any atom is -0.366 e. The van der Waals surface area contributed by atoms with Crippen LogP contribution in [0.1, 0.15) is 36.7 Å². The van der Waals surface area contributed by atoms with Gasteiger partial charge in [-0.1, -0.05) is 25.1 Å². The predicted octanol–water partition coefficient (Wildman–Crippen LogP) is 3.33. The Kier molecular flexibility index (Phi) is 4.32. The summed E-state index contributed by atoms with van der Waals surface area (Å²) in [6.45, 7) is 2.27. The highest BCUT2D eigenvalue weighted by molar-refractivity contribution is 6.02. The van der Waals surface area contributed by atoms with Crippen molar-refractivity contribution in [3.8, 4) is 0 Å². The van der Waals surface area contributed by atoms with Crippen LogP contribution in [0.2, 0.25) is 0 Å². The summed E-state index contributed by atoms with van der Waals surface area (Å²) in [6.07, 6.45) is 3.58. The molecule has 1 fully saturated rings. The van der Waals surface area contributed by atoms with Crippen LogP contribution < -0.4 is 10.6 Å². The van der Waals surface area contributed by atoms with E-state index in [9.17, 15) is 4.79 Å². The van der Waals surface area contributed by atoms with E-state index < -0.39 is 0 Å². The number of aromatic nitrogens is 2. The average Bonchev–Trinajstić information content (AvgIpc) is 2.94. The number of nitrogens with zero attached hydrogens (tertiary/aromatic N) is 2. The second-order valence-electron chi connectivity index (χ2n) is 5.88. The predicted molar refractivity (Wildman–Crippen MR) is 86.9 cm³/mol. The zero-order chi connectivity index (χ0) is 15.4. The van der Waals surface area contributed by atoms with E-state index in [0.717, 1.165) is 23.8 Å². The molecule has 1 amide bonds. The molecule has 114 valence electrons. The van der Waals surface area contributed by atoms with E-state index >= 15 is 0 Å². The molecular weight excluding hydrogens is 276 g/mol. The lowest BCUT2D eigenvalue weighted by Gasteiger charge is -2.12. The van der Waals surface area contributed by atoms with Crippen molar-refractivity contribution in [1.29, 1.82) is 0 Å². The van der Waals surface area contributed by atoms with Crippen LogP contribution in [0.25, 0.3) is 0 Å². The van der Waals surface area contributed by atoms with Crippen molar-refractivity contribution >= 4 is 17.4 Å². The van der Waals surface area contributed by atoms with Gasteiger partial charge in [0.05, 0.1) is 0 Å². The Labute approximate surface area is 130 Å². The van der Waals surface area contributed by atoms with Gasteiger partial charge in [-0.05, 0) is 49.4 Å². The first-order chi connectivity index (χ1) is 10.7. The van der Waals surface area contributed by atoms with Gasteiger partial charge in [-0.15, -0.1) is 10.2 Å². The number of carbonyl (C=O) groups is 1. The number of benzene rings is 1. The van der Waals surface area contributed by atoms with Crippen molar-refractivity contribution < 1.29 is 4.79 Å². The molecule has 1 saturated carbocycles. The minimum atomic E-state index is -0.250. The monoisotopic (exact) mass is 296 g/mol. The van der Waals surface area contributed by atoms with Crippen LogP contribution in [-0.4, -0.2) is 22.1 Å². The lowest BCUT2D eigenvalue weighted by atomic mass is 10.1. The number of hydrogen-bond acceptors (Lipinski definition) is 4. The van der Waals surface area contributed by atoms with Crippen LogP contribution >= 0.6 is 0 Å². The second-order valence-corrected chi connectivity index (χ2v) is 5.88. The zero-order valence-corrected chi connectivity index (χ0v) is 12.6. The lowest BCUT2D eigenvalue weighted by Crippen LogP contribution is -2.18. The van der Waals surface area contributed by atoms with E-state index in [2.05, 4.69) is 27.8 Å². The van der Waals surface area contributed by atoms with Gasteiger partial charge in [0, 0.05) is 11.7 Å². The van der Waals surface area contributed by atoms with Gasteiger partial charge < -0.3 is 10.6 Å². The second kappa shape index (κ2) is 6.56. The molecule has 1 heterocycles. The minimum absolute atomic E-state index is 0.250. The number of carbonyl (C=O) groups excluding carboxylic acids is 1. The van der Waals surface area contributed by atoms with Crippen LogP contribution in [-0.2, 0) is 0 Å².